The predicted molar refractivity (Wildman–Crippen MR) is 138 cm³/mol. The van der Waals surface area contributed by atoms with Crippen LogP contribution >= 0.6 is 23.5 Å². The highest BCUT2D eigenvalue weighted by Crippen LogP contribution is 2.35. The van der Waals surface area contributed by atoms with Crippen molar-refractivity contribution in [2.75, 3.05) is 0 Å². The van der Waals surface area contributed by atoms with Gasteiger partial charge in [0.2, 0.25) is 0 Å². The van der Waals surface area contributed by atoms with E-state index in [2.05, 4.69) is 10.1 Å². The number of pyridine rings is 1. The van der Waals surface area contributed by atoms with Gasteiger partial charge in [-0.15, -0.1) is 0 Å². The molecule has 3 heterocycles. The molecule has 0 amide bonds. The van der Waals surface area contributed by atoms with Crippen molar-refractivity contribution in [2.24, 2.45) is 5.14 Å². The van der Waals surface area contributed by atoms with Crippen LogP contribution in [0.2, 0.25) is 5.15 Å². The van der Waals surface area contributed by atoms with E-state index < -0.39 is 11.7 Å². The molecule has 0 aliphatic heterocycles. The van der Waals surface area contributed by atoms with E-state index in [4.69, 9.17) is 25.9 Å². The first-order valence-corrected chi connectivity index (χ1v) is 12.3. The molecule has 1 aromatic carbocycles. The van der Waals surface area contributed by atoms with Gasteiger partial charge in [-0.2, -0.15) is 5.10 Å². The summed E-state index contributed by atoms with van der Waals surface area (Å²) in [7, 11) is 0. The van der Waals surface area contributed by atoms with E-state index in [9.17, 15) is 9.90 Å². The van der Waals surface area contributed by atoms with Crippen molar-refractivity contribution in [3.05, 3.63) is 68.7 Å². The van der Waals surface area contributed by atoms with Crippen molar-refractivity contribution in [1.29, 1.82) is 0 Å². The normalized spacial score (nSPS) is 12.8. The zero-order valence-corrected chi connectivity index (χ0v) is 21.7. The Hall–Kier alpha value is -2.85. The Morgan fingerprint density at radius 1 is 1.31 bits per heavy atom. The number of hydrogen-bond donors (Lipinski definition) is 2. The first-order valence-electron chi connectivity index (χ1n) is 11.0. The second-order valence-corrected chi connectivity index (χ2v) is 10.2. The zero-order valence-electron chi connectivity index (χ0n) is 20.1. The molecule has 10 heteroatoms. The van der Waals surface area contributed by atoms with Crippen LogP contribution in [0, 0.1) is 13.8 Å². The summed E-state index contributed by atoms with van der Waals surface area (Å²) < 4.78 is 14.2. The Bertz CT molecular complexity index is 1460. The van der Waals surface area contributed by atoms with Crippen molar-refractivity contribution in [2.45, 2.75) is 57.9 Å². The SMILES string of the molecule is Cc1cc(C(C)Oc2ccc(Cl)nc2SN)c2oc(-c3cnn(CC(C)(C)O)c3)c(C)c(=O)c2c1. The number of aliphatic hydroxyl groups is 1. The summed E-state index contributed by atoms with van der Waals surface area (Å²) in [6.07, 6.45) is 2.90. The summed E-state index contributed by atoms with van der Waals surface area (Å²) in [6, 6.07) is 7.09. The molecule has 8 nitrogen and oxygen atoms in total. The first kappa shape index (κ1) is 25.2. The summed E-state index contributed by atoms with van der Waals surface area (Å²) in [5.41, 5.74) is 2.13. The average Bonchev–Trinajstić information content (AvgIpc) is 3.23. The van der Waals surface area contributed by atoms with E-state index in [0.29, 0.717) is 55.9 Å². The molecule has 4 aromatic rings. The standard InChI is InChI=1S/C25H27ClN4O4S/c1-13-8-17(15(3)33-19-6-7-20(26)29-24(19)35-27)23-18(9-13)21(31)14(2)22(34-23)16-10-28-30(11-16)12-25(4,5)32/h6-11,15,32H,12,27H2,1-5H3. The van der Waals surface area contributed by atoms with Gasteiger partial charge in [-0.05, 0) is 76.4 Å². The van der Waals surface area contributed by atoms with Crippen LogP contribution in [0.25, 0.3) is 22.3 Å². The molecule has 0 fully saturated rings. The molecule has 184 valence electrons. The molecule has 0 bridgehead atoms. The maximum atomic E-state index is 13.4. The van der Waals surface area contributed by atoms with Crippen LogP contribution < -0.4 is 15.3 Å². The molecule has 35 heavy (non-hydrogen) atoms. The Morgan fingerprint density at radius 2 is 2.06 bits per heavy atom. The number of halogens is 1. The van der Waals surface area contributed by atoms with Gasteiger partial charge in [-0.3, -0.25) is 14.6 Å². The van der Waals surface area contributed by atoms with E-state index in [0.717, 1.165) is 17.5 Å². The van der Waals surface area contributed by atoms with Crippen LogP contribution in [0.4, 0.5) is 0 Å². The molecule has 0 saturated carbocycles. The number of aryl methyl sites for hydroxylation is 1. The molecule has 0 aliphatic rings. The Labute approximate surface area is 212 Å². The lowest BCUT2D eigenvalue weighted by Gasteiger charge is -2.19. The van der Waals surface area contributed by atoms with Crippen molar-refractivity contribution >= 4 is 34.5 Å². The van der Waals surface area contributed by atoms with Crippen LogP contribution in [0.1, 0.15) is 43.6 Å². The molecule has 0 saturated heterocycles. The van der Waals surface area contributed by atoms with Crippen LogP contribution in [-0.2, 0) is 6.54 Å². The van der Waals surface area contributed by atoms with E-state index >= 15 is 0 Å². The van der Waals surface area contributed by atoms with Gasteiger partial charge >= 0.3 is 0 Å². The molecular formula is C25H27ClN4O4S. The highest BCUT2D eigenvalue weighted by atomic mass is 35.5. The topological polar surface area (TPSA) is 116 Å². The fourth-order valence-corrected chi connectivity index (χ4v) is 4.52. The minimum atomic E-state index is -0.933. The van der Waals surface area contributed by atoms with Crippen LogP contribution in [-0.4, -0.2) is 25.5 Å². The van der Waals surface area contributed by atoms with Gasteiger partial charge in [0.1, 0.15) is 22.6 Å². The summed E-state index contributed by atoms with van der Waals surface area (Å²) >= 11 is 6.93. The quantitative estimate of drug-likeness (QED) is 0.255. The maximum absolute atomic E-state index is 13.4. The van der Waals surface area contributed by atoms with Gasteiger partial charge in [-0.1, -0.05) is 11.6 Å². The zero-order chi connectivity index (χ0) is 25.5. The van der Waals surface area contributed by atoms with Gasteiger partial charge in [0.15, 0.2) is 16.2 Å². The number of nitrogens with two attached hydrogens (primary N) is 1. The number of nitrogens with zero attached hydrogens (tertiary/aromatic N) is 3. The summed E-state index contributed by atoms with van der Waals surface area (Å²) in [4.78, 5) is 17.6. The van der Waals surface area contributed by atoms with Crippen molar-refractivity contribution in [3.8, 4) is 17.1 Å². The predicted octanol–water partition coefficient (Wildman–Crippen LogP) is 5.20. The van der Waals surface area contributed by atoms with Gasteiger partial charge in [0, 0.05) is 17.3 Å². The third-order valence-electron chi connectivity index (χ3n) is 5.48. The maximum Gasteiger partial charge on any atom is 0.196 e. The summed E-state index contributed by atoms with van der Waals surface area (Å²) in [5.74, 6) is 0.903. The molecule has 4 rings (SSSR count). The summed E-state index contributed by atoms with van der Waals surface area (Å²) in [5, 5.41) is 21.4. The van der Waals surface area contributed by atoms with Crippen molar-refractivity contribution in [3.63, 3.8) is 0 Å². The lowest BCUT2D eigenvalue weighted by atomic mass is 10.0. The molecule has 3 aromatic heterocycles. The van der Waals surface area contributed by atoms with Gasteiger partial charge < -0.3 is 14.3 Å². The number of rotatable bonds is 7. The van der Waals surface area contributed by atoms with Crippen LogP contribution in [0.15, 0.2) is 50.9 Å². The number of benzene rings is 1. The first-order chi connectivity index (χ1) is 16.5. The highest BCUT2D eigenvalue weighted by Gasteiger charge is 2.22. The fraction of sp³-hybridized carbons (Fsp3) is 0.320. The molecule has 1 unspecified atom stereocenters. The molecule has 0 aliphatic carbocycles. The van der Waals surface area contributed by atoms with Crippen LogP contribution in [0.3, 0.4) is 0 Å². The molecule has 0 radical (unpaired) electrons. The molecule has 3 N–H and O–H groups in total. The third-order valence-corrected chi connectivity index (χ3v) is 6.21. The largest absolute Gasteiger partial charge is 0.483 e. The lowest BCUT2D eigenvalue weighted by Crippen LogP contribution is -2.26. The van der Waals surface area contributed by atoms with E-state index in [1.807, 2.05) is 26.0 Å². The third kappa shape index (κ3) is 5.38. The van der Waals surface area contributed by atoms with E-state index in [1.54, 1.807) is 50.0 Å². The highest BCUT2D eigenvalue weighted by molar-refractivity contribution is 7.97. The Kier molecular flexibility index (Phi) is 6.97. The molecular weight excluding hydrogens is 488 g/mol. The number of aromatic nitrogens is 3. The molecule has 0 spiro atoms. The fourth-order valence-electron chi connectivity index (χ4n) is 3.94. The summed E-state index contributed by atoms with van der Waals surface area (Å²) in [6.45, 7) is 9.24. The number of ether oxygens (including phenoxy) is 1. The minimum absolute atomic E-state index is 0.125. The monoisotopic (exact) mass is 514 g/mol. The van der Waals surface area contributed by atoms with Gasteiger partial charge in [0.25, 0.3) is 0 Å². The van der Waals surface area contributed by atoms with Crippen molar-refractivity contribution < 1.29 is 14.3 Å². The number of hydrogen-bond acceptors (Lipinski definition) is 8. The van der Waals surface area contributed by atoms with E-state index in [1.165, 1.54) is 0 Å². The smallest absolute Gasteiger partial charge is 0.196 e. The Balaban J connectivity index is 1.82. The molecule has 1 atom stereocenters. The second-order valence-electron chi connectivity index (χ2n) is 9.17. The van der Waals surface area contributed by atoms with Crippen LogP contribution in [0.5, 0.6) is 5.75 Å². The van der Waals surface area contributed by atoms with Gasteiger partial charge in [-0.25, -0.2) is 4.98 Å². The minimum Gasteiger partial charge on any atom is -0.483 e. The average molecular weight is 515 g/mol. The lowest BCUT2D eigenvalue weighted by molar-refractivity contribution is 0.0577. The van der Waals surface area contributed by atoms with Gasteiger partial charge in [0.05, 0.1) is 29.3 Å². The van der Waals surface area contributed by atoms with E-state index in [-0.39, 0.29) is 5.43 Å². The van der Waals surface area contributed by atoms with Crippen molar-refractivity contribution in [1.82, 2.24) is 14.8 Å². The Morgan fingerprint density at radius 3 is 2.74 bits per heavy atom. The number of fused-ring (bicyclic) bond motifs is 1. The second kappa shape index (κ2) is 9.66.